The van der Waals surface area contributed by atoms with Crippen LogP contribution in [0.4, 0.5) is 11.5 Å². The normalized spacial score (nSPS) is 11.9. The summed E-state index contributed by atoms with van der Waals surface area (Å²) < 4.78 is 32.3. The van der Waals surface area contributed by atoms with Gasteiger partial charge in [0.2, 0.25) is 0 Å². The summed E-state index contributed by atoms with van der Waals surface area (Å²) >= 11 is 0. The van der Waals surface area contributed by atoms with Crippen molar-refractivity contribution >= 4 is 33.4 Å². The van der Waals surface area contributed by atoms with Crippen LogP contribution in [-0.2, 0) is 19.6 Å². The van der Waals surface area contributed by atoms with Gasteiger partial charge in [-0.15, -0.1) is 0 Å². The third-order valence-corrected chi connectivity index (χ3v) is 5.28. The Bertz CT molecular complexity index is 1120. The van der Waals surface area contributed by atoms with Crippen molar-refractivity contribution in [2.45, 2.75) is 17.9 Å². The zero-order valence-corrected chi connectivity index (χ0v) is 16.7. The van der Waals surface area contributed by atoms with E-state index in [9.17, 15) is 18.0 Å². The van der Waals surface area contributed by atoms with Crippen molar-refractivity contribution in [3.63, 3.8) is 0 Å². The zero-order chi connectivity index (χ0) is 21.6. The molecule has 1 amide bonds. The standard InChI is InChI=1S/C20H18N4O5S/c1-14(29-20(26)15-9-12-21-13-10-15)19(25)23-16-5-7-17(8-6-16)30(27,28)24-18-4-2-3-11-22-18/h2-14H,1H3,(H,22,24)(H,23,25). The lowest BCUT2D eigenvalue weighted by molar-refractivity contribution is -0.123. The molecule has 0 fully saturated rings. The molecule has 1 atom stereocenters. The average molecular weight is 426 g/mol. The molecule has 10 heteroatoms. The van der Waals surface area contributed by atoms with E-state index in [1.165, 1.54) is 68.0 Å². The summed E-state index contributed by atoms with van der Waals surface area (Å²) in [5.74, 6) is -1.01. The second kappa shape index (κ2) is 9.14. The van der Waals surface area contributed by atoms with Crippen molar-refractivity contribution in [1.82, 2.24) is 9.97 Å². The molecular weight excluding hydrogens is 408 g/mol. The summed E-state index contributed by atoms with van der Waals surface area (Å²) in [5, 5.41) is 2.57. The first-order valence-corrected chi connectivity index (χ1v) is 10.3. The predicted molar refractivity (Wildman–Crippen MR) is 109 cm³/mol. The number of aromatic nitrogens is 2. The Labute approximate surface area is 173 Å². The zero-order valence-electron chi connectivity index (χ0n) is 15.8. The molecule has 0 aliphatic heterocycles. The van der Waals surface area contributed by atoms with Gasteiger partial charge in [0.1, 0.15) is 5.82 Å². The van der Waals surface area contributed by atoms with E-state index in [4.69, 9.17) is 4.74 Å². The van der Waals surface area contributed by atoms with Gasteiger partial charge in [0, 0.05) is 24.3 Å². The molecule has 0 bridgehead atoms. The van der Waals surface area contributed by atoms with Crippen LogP contribution in [0.3, 0.4) is 0 Å². The Morgan fingerprint density at radius 1 is 0.967 bits per heavy atom. The van der Waals surface area contributed by atoms with Gasteiger partial charge in [-0.2, -0.15) is 0 Å². The molecule has 0 spiro atoms. The highest BCUT2D eigenvalue weighted by molar-refractivity contribution is 7.92. The molecule has 0 aliphatic rings. The molecule has 9 nitrogen and oxygen atoms in total. The Kier molecular flexibility index (Phi) is 6.38. The van der Waals surface area contributed by atoms with Gasteiger partial charge in [0.05, 0.1) is 10.5 Å². The molecule has 1 aromatic carbocycles. The van der Waals surface area contributed by atoms with E-state index in [-0.39, 0.29) is 16.3 Å². The summed E-state index contributed by atoms with van der Waals surface area (Å²) in [6.45, 7) is 1.43. The van der Waals surface area contributed by atoms with Crippen molar-refractivity contribution in [2.75, 3.05) is 10.0 Å². The Morgan fingerprint density at radius 3 is 2.30 bits per heavy atom. The summed E-state index contributed by atoms with van der Waals surface area (Å²) in [7, 11) is -3.82. The van der Waals surface area contributed by atoms with E-state index in [1.54, 1.807) is 12.1 Å². The molecule has 2 heterocycles. The lowest BCUT2D eigenvalue weighted by Crippen LogP contribution is -2.30. The first-order valence-electron chi connectivity index (χ1n) is 8.81. The minimum Gasteiger partial charge on any atom is -0.449 e. The smallest absolute Gasteiger partial charge is 0.339 e. The maximum absolute atomic E-state index is 12.4. The van der Waals surface area contributed by atoms with Gasteiger partial charge in [0.15, 0.2) is 6.10 Å². The quantitative estimate of drug-likeness (QED) is 0.556. The lowest BCUT2D eigenvalue weighted by atomic mass is 10.2. The molecule has 3 aromatic rings. The Morgan fingerprint density at radius 2 is 1.67 bits per heavy atom. The monoisotopic (exact) mass is 426 g/mol. The largest absolute Gasteiger partial charge is 0.449 e. The molecule has 0 saturated carbocycles. The van der Waals surface area contributed by atoms with E-state index in [1.807, 2.05) is 0 Å². The fourth-order valence-electron chi connectivity index (χ4n) is 2.35. The van der Waals surface area contributed by atoms with E-state index < -0.39 is 28.0 Å². The molecule has 30 heavy (non-hydrogen) atoms. The molecule has 0 aliphatic carbocycles. The average Bonchev–Trinajstić information content (AvgIpc) is 2.75. The summed E-state index contributed by atoms with van der Waals surface area (Å²) in [4.78, 5) is 32.0. The highest BCUT2D eigenvalue weighted by atomic mass is 32.2. The molecule has 1 unspecified atom stereocenters. The second-order valence-corrected chi connectivity index (χ2v) is 7.80. The number of nitrogens with one attached hydrogen (secondary N) is 2. The fourth-order valence-corrected chi connectivity index (χ4v) is 3.36. The number of sulfonamides is 1. The highest BCUT2D eigenvalue weighted by Crippen LogP contribution is 2.17. The van der Waals surface area contributed by atoms with E-state index in [0.717, 1.165) is 0 Å². The number of carbonyl (C=O) groups is 2. The Hall–Kier alpha value is -3.79. The van der Waals surface area contributed by atoms with Crippen LogP contribution in [0.2, 0.25) is 0 Å². The first-order chi connectivity index (χ1) is 14.3. The van der Waals surface area contributed by atoms with E-state index in [2.05, 4.69) is 20.0 Å². The van der Waals surface area contributed by atoms with Crippen molar-refractivity contribution in [3.8, 4) is 0 Å². The lowest BCUT2D eigenvalue weighted by Gasteiger charge is -2.14. The maximum Gasteiger partial charge on any atom is 0.339 e. The van der Waals surface area contributed by atoms with Gasteiger partial charge in [0.25, 0.3) is 15.9 Å². The second-order valence-electron chi connectivity index (χ2n) is 6.12. The third-order valence-electron chi connectivity index (χ3n) is 3.91. The predicted octanol–water partition coefficient (Wildman–Crippen LogP) is 2.46. The highest BCUT2D eigenvalue weighted by Gasteiger charge is 2.20. The maximum atomic E-state index is 12.4. The number of hydrogen-bond donors (Lipinski definition) is 2. The van der Waals surface area contributed by atoms with Gasteiger partial charge in [-0.3, -0.25) is 14.5 Å². The molecule has 154 valence electrons. The molecule has 0 radical (unpaired) electrons. The van der Waals surface area contributed by atoms with Crippen molar-refractivity contribution in [3.05, 3.63) is 78.8 Å². The van der Waals surface area contributed by atoms with Crippen molar-refractivity contribution in [2.24, 2.45) is 0 Å². The number of carbonyl (C=O) groups excluding carboxylic acids is 2. The van der Waals surface area contributed by atoms with Crippen LogP contribution < -0.4 is 10.0 Å². The molecule has 2 aromatic heterocycles. The Balaban J connectivity index is 1.60. The SMILES string of the molecule is CC(OC(=O)c1ccncc1)C(=O)Nc1ccc(S(=O)(=O)Nc2ccccn2)cc1. The van der Waals surface area contributed by atoms with Gasteiger partial charge in [-0.25, -0.2) is 18.2 Å². The van der Waals surface area contributed by atoms with Crippen LogP contribution in [-0.4, -0.2) is 36.4 Å². The number of pyridine rings is 2. The molecule has 3 rings (SSSR count). The van der Waals surface area contributed by atoms with Gasteiger partial charge < -0.3 is 10.1 Å². The number of esters is 1. The van der Waals surface area contributed by atoms with Crippen LogP contribution >= 0.6 is 0 Å². The van der Waals surface area contributed by atoms with Crippen LogP contribution in [0.15, 0.2) is 78.1 Å². The summed E-state index contributed by atoms with van der Waals surface area (Å²) in [6, 6.07) is 13.4. The van der Waals surface area contributed by atoms with E-state index >= 15 is 0 Å². The van der Waals surface area contributed by atoms with Gasteiger partial charge >= 0.3 is 5.97 Å². The number of ether oxygens (including phenoxy) is 1. The molecular formula is C20H18N4O5S. The third kappa shape index (κ3) is 5.39. The molecule has 2 N–H and O–H groups in total. The number of amides is 1. The fraction of sp³-hybridized carbons (Fsp3) is 0.100. The van der Waals surface area contributed by atoms with Crippen molar-refractivity contribution < 1.29 is 22.7 Å². The minimum absolute atomic E-state index is 0.00307. The number of nitrogens with zero attached hydrogens (tertiary/aromatic N) is 2. The molecule has 0 saturated heterocycles. The summed E-state index contributed by atoms with van der Waals surface area (Å²) in [5.41, 5.74) is 0.628. The number of hydrogen-bond acceptors (Lipinski definition) is 7. The number of benzene rings is 1. The van der Waals surface area contributed by atoms with Crippen LogP contribution in [0.1, 0.15) is 17.3 Å². The first kappa shape index (κ1) is 20.9. The van der Waals surface area contributed by atoms with Gasteiger partial charge in [-0.05, 0) is 55.5 Å². The summed E-state index contributed by atoms with van der Waals surface area (Å²) in [6.07, 6.45) is 3.30. The number of anilines is 2. The topological polar surface area (TPSA) is 127 Å². The van der Waals surface area contributed by atoms with Crippen LogP contribution in [0.5, 0.6) is 0 Å². The minimum atomic E-state index is -3.82. The number of rotatable bonds is 7. The van der Waals surface area contributed by atoms with Gasteiger partial charge in [-0.1, -0.05) is 6.07 Å². The van der Waals surface area contributed by atoms with Crippen LogP contribution in [0.25, 0.3) is 0 Å². The van der Waals surface area contributed by atoms with Crippen molar-refractivity contribution in [1.29, 1.82) is 0 Å². The van der Waals surface area contributed by atoms with Crippen LogP contribution in [0, 0.1) is 0 Å². The van der Waals surface area contributed by atoms with E-state index in [0.29, 0.717) is 5.69 Å².